The molecule has 1 atom stereocenters. The van der Waals surface area contributed by atoms with Gasteiger partial charge < -0.3 is 9.64 Å². The van der Waals surface area contributed by atoms with Crippen LogP contribution in [0, 0.1) is 12.7 Å². The first-order valence-corrected chi connectivity index (χ1v) is 12.1. The van der Waals surface area contributed by atoms with E-state index in [0.717, 1.165) is 6.26 Å². The van der Waals surface area contributed by atoms with Crippen LogP contribution in [0.4, 0.5) is 14.5 Å². The molecule has 0 aliphatic carbocycles. The Labute approximate surface area is 190 Å². The van der Waals surface area contributed by atoms with Gasteiger partial charge in [-0.15, -0.1) is 0 Å². The van der Waals surface area contributed by atoms with E-state index in [1.54, 1.807) is 32.2 Å². The number of fused-ring (bicyclic) bond motifs is 1. The van der Waals surface area contributed by atoms with Gasteiger partial charge in [-0.05, 0) is 49.2 Å². The summed E-state index contributed by atoms with van der Waals surface area (Å²) in [4.78, 5) is 14.5. The highest BCUT2D eigenvalue weighted by Crippen LogP contribution is 2.41. The van der Waals surface area contributed by atoms with Gasteiger partial charge in [-0.1, -0.05) is 12.1 Å². The van der Waals surface area contributed by atoms with Crippen molar-refractivity contribution in [3.05, 3.63) is 59.2 Å². The van der Waals surface area contributed by atoms with E-state index in [-0.39, 0.29) is 28.6 Å². The van der Waals surface area contributed by atoms with Crippen LogP contribution in [0.1, 0.15) is 23.9 Å². The zero-order valence-corrected chi connectivity index (χ0v) is 19.4. The molecule has 2 aromatic carbocycles. The number of carbonyl (C=O) groups is 1. The minimum Gasteiger partial charge on any atom is -0.476 e. The van der Waals surface area contributed by atoms with E-state index in [1.807, 2.05) is 0 Å². The van der Waals surface area contributed by atoms with Gasteiger partial charge in [0.2, 0.25) is 0 Å². The fourth-order valence-electron chi connectivity index (χ4n) is 3.89. The van der Waals surface area contributed by atoms with Crippen molar-refractivity contribution in [3.8, 4) is 16.9 Å². The van der Waals surface area contributed by atoms with Gasteiger partial charge in [0.1, 0.15) is 6.67 Å². The lowest BCUT2D eigenvalue weighted by atomic mass is 10.0. The number of carbonyl (C=O) groups excluding carboxylic acids is 1. The summed E-state index contributed by atoms with van der Waals surface area (Å²) >= 11 is 0. The lowest BCUT2D eigenvalue weighted by molar-refractivity contribution is -0.125. The Balaban J connectivity index is 1.85. The number of anilines is 1. The molecular formula is C23H23F2N3O4S. The number of nitrogens with zero attached hydrogens (tertiary/aromatic N) is 3. The van der Waals surface area contributed by atoms with Gasteiger partial charge in [-0.3, -0.25) is 9.48 Å². The molecular weight excluding hydrogens is 452 g/mol. The molecule has 0 unspecified atom stereocenters. The monoisotopic (exact) mass is 475 g/mol. The van der Waals surface area contributed by atoms with Crippen molar-refractivity contribution in [1.82, 2.24) is 9.78 Å². The van der Waals surface area contributed by atoms with Crippen LogP contribution in [-0.2, 0) is 34.9 Å². The third-order valence-corrected chi connectivity index (χ3v) is 6.91. The molecule has 0 fully saturated rings. The van der Waals surface area contributed by atoms with Crippen molar-refractivity contribution in [2.75, 3.05) is 11.2 Å². The topological polar surface area (TPSA) is 81.5 Å². The molecule has 1 aliphatic rings. The number of ether oxygens (including phenoxy) is 1. The average molecular weight is 476 g/mol. The standard InChI is InChI=1S/C23H23F2N3O4S/c1-13-18(20(11-24)26-27(13)3)12-28-21-10-16(9-19(25)22(21)32-14(2)23(28)29)15-6-5-7-17(8-15)33(4,30)31/h5-10,14H,11-12H2,1-4H3/t14-/m1/s1. The number of aryl methyl sites for hydroxylation is 1. The maximum Gasteiger partial charge on any atom is 0.268 e. The molecule has 0 spiro atoms. The molecule has 0 N–H and O–H groups in total. The summed E-state index contributed by atoms with van der Waals surface area (Å²) in [6, 6.07) is 8.94. The number of aromatic nitrogens is 2. The van der Waals surface area contributed by atoms with Crippen LogP contribution in [0.25, 0.3) is 11.1 Å². The molecule has 174 valence electrons. The minimum atomic E-state index is -3.47. The molecule has 3 aromatic rings. The van der Waals surface area contributed by atoms with Gasteiger partial charge >= 0.3 is 0 Å². The van der Waals surface area contributed by atoms with E-state index >= 15 is 4.39 Å². The van der Waals surface area contributed by atoms with Crippen LogP contribution in [0.15, 0.2) is 41.3 Å². The second-order valence-electron chi connectivity index (χ2n) is 8.06. The fraction of sp³-hybridized carbons (Fsp3) is 0.304. The Morgan fingerprint density at radius 1 is 1.18 bits per heavy atom. The highest BCUT2D eigenvalue weighted by molar-refractivity contribution is 7.90. The zero-order chi connectivity index (χ0) is 24.1. The molecule has 0 radical (unpaired) electrons. The highest BCUT2D eigenvalue weighted by atomic mass is 32.2. The molecule has 1 amide bonds. The second-order valence-corrected chi connectivity index (χ2v) is 10.1. The SMILES string of the molecule is Cc1c(CN2C(=O)[C@@H](C)Oc3c(F)cc(-c4cccc(S(C)(=O)=O)c4)cc32)c(CF)nn1C. The lowest BCUT2D eigenvalue weighted by Crippen LogP contribution is -2.44. The maximum absolute atomic E-state index is 15.1. The number of hydrogen-bond acceptors (Lipinski definition) is 5. The summed E-state index contributed by atoms with van der Waals surface area (Å²) in [6.45, 7) is 2.48. The van der Waals surface area contributed by atoms with Crippen molar-refractivity contribution in [2.45, 2.75) is 38.1 Å². The normalized spacial score (nSPS) is 16.0. The Morgan fingerprint density at radius 3 is 2.58 bits per heavy atom. The Hall–Kier alpha value is -3.27. The van der Waals surface area contributed by atoms with Crippen molar-refractivity contribution < 1.29 is 26.7 Å². The summed E-state index contributed by atoms with van der Waals surface area (Å²) < 4.78 is 59.7. The number of hydrogen-bond donors (Lipinski definition) is 0. The highest BCUT2D eigenvalue weighted by Gasteiger charge is 2.35. The summed E-state index contributed by atoms with van der Waals surface area (Å²) in [6.07, 6.45) is 0.158. The van der Waals surface area contributed by atoms with Gasteiger partial charge in [0.15, 0.2) is 27.5 Å². The molecule has 7 nitrogen and oxygen atoms in total. The predicted molar refractivity (Wildman–Crippen MR) is 119 cm³/mol. The van der Waals surface area contributed by atoms with E-state index < -0.39 is 34.3 Å². The Bertz CT molecular complexity index is 1370. The van der Waals surface area contributed by atoms with Crippen molar-refractivity contribution in [2.24, 2.45) is 7.05 Å². The van der Waals surface area contributed by atoms with Gasteiger partial charge in [0, 0.05) is 24.6 Å². The molecule has 1 aliphatic heterocycles. The van der Waals surface area contributed by atoms with Crippen molar-refractivity contribution in [1.29, 1.82) is 0 Å². The molecule has 2 heterocycles. The van der Waals surface area contributed by atoms with Gasteiger partial charge in [-0.25, -0.2) is 17.2 Å². The number of sulfone groups is 1. The predicted octanol–water partition coefficient (Wildman–Crippen LogP) is 3.72. The second kappa shape index (κ2) is 8.26. The van der Waals surface area contributed by atoms with Gasteiger partial charge in [0.25, 0.3) is 5.91 Å². The number of alkyl halides is 1. The largest absolute Gasteiger partial charge is 0.476 e. The van der Waals surface area contributed by atoms with E-state index in [4.69, 9.17) is 4.74 Å². The molecule has 4 rings (SSSR count). The lowest BCUT2D eigenvalue weighted by Gasteiger charge is -2.33. The number of benzene rings is 2. The molecule has 0 bridgehead atoms. The first kappa shape index (κ1) is 22.9. The quantitative estimate of drug-likeness (QED) is 0.562. The Morgan fingerprint density at radius 2 is 1.91 bits per heavy atom. The first-order valence-electron chi connectivity index (χ1n) is 10.2. The van der Waals surface area contributed by atoms with Gasteiger partial charge in [0.05, 0.1) is 22.8 Å². The van der Waals surface area contributed by atoms with Crippen molar-refractivity contribution >= 4 is 21.4 Å². The molecule has 10 heteroatoms. The van der Waals surface area contributed by atoms with E-state index in [9.17, 15) is 17.6 Å². The Kier molecular flexibility index (Phi) is 5.73. The van der Waals surface area contributed by atoms with Gasteiger partial charge in [-0.2, -0.15) is 5.10 Å². The van der Waals surface area contributed by atoms with E-state index in [1.165, 1.54) is 34.7 Å². The summed E-state index contributed by atoms with van der Waals surface area (Å²) in [5.41, 5.74) is 2.47. The zero-order valence-electron chi connectivity index (χ0n) is 18.6. The smallest absolute Gasteiger partial charge is 0.268 e. The van der Waals surface area contributed by atoms with E-state index in [2.05, 4.69) is 5.10 Å². The van der Waals surface area contributed by atoms with Crippen LogP contribution in [0.5, 0.6) is 5.75 Å². The molecule has 33 heavy (non-hydrogen) atoms. The van der Waals surface area contributed by atoms with Crippen molar-refractivity contribution in [3.63, 3.8) is 0 Å². The molecule has 0 saturated heterocycles. The molecule has 1 aromatic heterocycles. The number of amides is 1. The number of halogens is 2. The number of rotatable bonds is 5. The van der Waals surface area contributed by atoms with Crippen LogP contribution in [-0.4, -0.2) is 36.5 Å². The minimum absolute atomic E-state index is 0.00919. The van der Waals surface area contributed by atoms with Crippen LogP contribution in [0.3, 0.4) is 0 Å². The summed E-state index contributed by atoms with van der Waals surface area (Å²) in [5, 5.41) is 4.15. The maximum atomic E-state index is 15.1. The first-order chi connectivity index (χ1) is 15.5. The van der Waals surface area contributed by atoms with Crippen LogP contribution in [0.2, 0.25) is 0 Å². The third-order valence-electron chi connectivity index (χ3n) is 5.80. The fourth-order valence-corrected chi connectivity index (χ4v) is 4.56. The van der Waals surface area contributed by atoms with E-state index in [0.29, 0.717) is 22.4 Å². The summed E-state index contributed by atoms with van der Waals surface area (Å²) in [7, 11) is -1.78. The molecule has 0 saturated carbocycles. The average Bonchev–Trinajstić information content (AvgIpc) is 3.04. The van der Waals surface area contributed by atoms with Crippen LogP contribution < -0.4 is 9.64 Å². The van der Waals surface area contributed by atoms with Crippen LogP contribution >= 0.6 is 0 Å². The summed E-state index contributed by atoms with van der Waals surface area (Å²) in [5.74, 6) is -1.18. The third kappa shape index (κ3) is 4.10.